The Kier molecular flexibility index (Phi) is 4.39. The predicted molar refractivity (Wildman–Crippen MR) is 86.3 cm³/mol. The van der Waals surface area contributed by atoms with Gasteiger partial charge in [0.15, 0.2) is 5.38 Å². The van der Waals surface area contributed by atoms with Crippen LogP contribution in [0, 0.1) is 0 Å². The summed E-state index contributed by atoms with van der Waals surface area (Å²) in [6.45, 7) is 0. The highest BCUT2D eigenvalue weighted by molar-refractivity contribution is 6.33. The highest BCUT2D eigenvalue weighted by atomic mass is 35.5. The zero-order chi connectivity index (χ0) is 17.1. The van der Waals surface area contributed by atoms with Gasteiger partial charge in [-0.25, -0.2) is 9.59 Å². The average Bonchev–Trinajstić information content (AvgIpc) is 2.85. The monoisotopic (exact) mass is 345 g/mol. The van der Waals surface area contributed by atoms with Crippen molar-refractivity contribution in [2.45, 2.75) is 5.38 Å². The molecule has 0 saturated heterocycles. The number of ether oxygens (including phenoxy) is 2. The number of cyclic esters (lactones) is 1. The van der Waals surface area contributed by atoms with Gasteiger partial charge >= 0.3 is 17.9 Å². The van der Waals surface area contributed by atoms with E-state index >= 15 is 0 Å². The van der Waals surface area contributed by atoms with E-state index in [0.29, 0.717) is 11.3 Å². The van der Waals surface area contributed by atoms with Gasteiger partial charge in [-0.05, 0) is 24.3 Å². The molecular weight excluding hydrogens is 334 g/mol. The molecule has 1 unspecified atom stereocenters. The largest absolute Gasteiger partial charge is 0.506 e. The van der Waals surface area contributed by atoms with Crippen molar-refractivity contribution in [3.8, 4) is 5.75 Å². The first-order valence-electron chi connectivity index (χ1n) is 6.98. The van der Waals surface area contributed by atoms with E-state index in [2.05, 4.69) is 5.32 Å². The minimum Gasteiger partial charge on any atom is -0.506 e. The third-order valence-corrected chi connectivity index (χ3v) is 3.64. The highest BCUT2D eigenvalue weighted by Crippen LogP contribution is 2.31. The summed E-state index contributed by atoms with van der Waals surface area (Å²) in [5, 5.41) is 11.4. The van der Waals surface area contributed by atoms with Crippen molar-refractivity contribution in [1.29, 1.82) is 0 Å². The molecule has 1 aliphatic heterocycles. The number of alkyl halides is 1. The van der Waals surface area contributed by atoms with E-state index in [4.69, 9.17) is 21.1 Å². The second kappa shape index (κ2) is 6.64. The molecule has 3 rings (SSSR count). The first-order chi connectivity index (χ1) is 11.6. The van der Waals surface area contributed by atoms with Crippen molar-refractivity contribution in [3.05, 3.63) is 71.8 Å². The van der Waals surface area contributed by atoms with Crippen LogP contribution in [0.25, 0.3) is 0 Å². The fourth-order valence-corrected chi connectivity index (χ4v) is 2.24. The Labute approximate surface area is 142 Å². The lowest BCUT2D eigenvalue weighted by Gasteiger charge is -2.11. The van der Waals surface area contributed by atoms with Crippen LogP contribution in [0.5, 0.6) is 5.75 Å². The Morgan fingerprint density at radius 2 is 1.79 bits per heavy atom. The maximum absolute atomic E-state index is 12.1. The van der Waals surface area contributed by atoms with E-state index in [9.17, 15) is 14.7 Å². The van der Waals surface area contributed by atoms with Crippen LogP contribution < -0.4 is 5.32 Å². The molecule has 0 aliphatic carbocycles. The summed E-state index contributed by atoms with van der Waals surface area (Å²) < 4.78 is 10.0. The Hall–Kier alpha value is -2.99. The molecule has 0 amide bonds. The van der Waals surface area contributed by atoms with Gasteiger partial charge in [0, 0.05) is 0 Å². The SMILES string of the molecule is O=C(OC1=C(Nc2ccccc2O)C(Cl)C(=O)O1)c1ccccc1. The second-order valence-electron chi connectivity index (χ2n) is 4.88. The number of carbonyl (C=O) groups excluding carboxylic acids is 2. The first-order valence-corrected chi connectivity index (χ1v) is 7.42. The van der Waals surface area contributed by atoms with Crippen molar-refractivity contribution in [2.75, 3.05) is 5.32 Å². The number of phenolic OH excluding ortho intramolecular Hbond substituents is 1. The lowest BCUT2D eigenvalue weighted by atomic mass is 10.2. The molecule has 7 heteroatoms. The minimum atomic E-state index is -1.18. The van der Waals surface area contributed by atoms with Crippen LogP contribution in [0.4, 0.5) is 5.69 Å². The molecule has 0 bridgehead atoms. The number of carbonyl (C=O) groups is 2. The molecule has 6 nitrogen and oxygen atoms in total. The van der Waals surface area contributed by atoms with Gasteiger partial charge in [-0.15, -0.1) is 11.6 Å². The minimum absolute atomic E-state index is 0.0486. The van der Waals surface area contributed by atoms with Crippen LogP contribution >= 0.6 is 11.6 Å². The number of nitrogens with one attached hydrogen (secondary N) is 1. The number of phenols is 1. The number of halogens is 1. The van der Waals surface area contributed by atoms with Crippen LogP contribution in [0.2, 0.25) is 0 Å². The summed E-state index contributed by atoms with van der Waals surface area (Å²) in [5.41, 5.74) is 0.637. The molecule has 0 radical (unpaired) electrons. The van der Waals surface area contributed by atoms with Crippen LogP contribution in [-0.4, -0.2) is 22.4 Å². The summed E-state index contributed by atoms with van der Waals surface area (Å²) in [7, 11) is 0. The fourth-order valence-electron chi connectivity index (χ4n) is 2.05. The van der Waals surface area contributed by atoms with E-state index < -0.39 is 17.3 Å². The quantitative estimate of drug-likeness (QED) is 0.503. The Bertz CT molecular complexity index is 819. The molecule has 122 valence electrons. The van der Waals surface area contributed by atoms with Crippen molar-refractivity contribution >= 4 is 29.2 Å². The maximum atomic E-state index is 12.1. The van der Waals surface area contributed by atoms with Crippen molar-refractivity contribution in [3.63, 3.8) is 0 Å². The number of rotatable bonds is 4. The summed E-state index contributed by atoms with van der Waals surface area (Å²) >= 11 is 5.99. The van der Waals surface area contributed by atoms with E-state index in [1.54, 1.807) is 48.5 Å². The molecular formula is C17H12ClNO5. The molecule has 2 aromatic carbocycles. The number of hydrogen-bond acceptors (Lipinski definition) is 6. The van der Waals surface area contributed by atoms with Crippen molar-refractivity contribution in [2.24, 2.45) is 0 Å². The van der Waals surface area contributed by atoms with Crippen LogP contribution in [0.3, 0.4) is 0 Å². The van der Waals surface area contributed by atoms with E-state index in [-0.39, 0.29) is 17.4 Å². The number of aromatic hydroxyl groups is 1. The third kappa shape index (κ3) is 3.18. The van der Waals surface area contributed by atoms with Gasteiger partial charge in [0.05, 0.1) is 11.3 Å². The van der Waals surface area contributed by atoms with Gasteiger partial charge < -0.3 is 19.9 Å². The van der Waals surface area contributed by atoms with Gasteiger partial charge in [0.1, 0.15) is 11.4 Å². The van der Waals surface area contributed by atoms with Crippen LogP contribution in [0.15, 0.2) is 66.2 Å². The number of anilines is 1. The Morgan fingerprint density at radius 1 is 1.12 bits per heavy atom. The normalized spacial score (nSPS) is 16.7. The maximum Gasteiger partial charge on any atom is 0.345 e. The van der Waals surface area contributed by atoms with Crippen molar-refractivity contribution in [1.82, 2.24) is 0 Å². The van der Waals surface area contributed by atoms with E-state index in [1.807, 2.05) is 0 Å². The molecule has 1 heterocycles. The van der Waals surface area contributed by atoms with E-state index in [0.717, 1.165) is 0 Å². The van der Waals surface area contributed by atoms with Gasteiger partial charge in [-0.1, -0.05) is 30.3 Å². The number of para-hydroxylation sites is 2. The van der Waals surface area contributed by atoms with Crippen LogP contribution in [0.1, 0.15) is 10.4 Å². The average molecular weight is 346 g/mol. The van der Waals surface area contributed by atoms with Gasteiger partial charge in [0.25, 0.3) is 0 Å². The zero-order valence-corrected chi connectivity index (χ0v) is 13.0. The fraction of sp³-hybridized carbons (Fsp3) is 0.0588. The highest BCUT2D eigenvalue weighted by Gasteiger charge is 2.37. The Balaban J connectivity index is 1.87. The second-order valence-corrected chi connectivity index (χ2v) is 5.32. The number of hydrogen-bond donors (Lipinski definition) is 2. The van der Waals surface area contributed by atoms with Gasteiger partial charge in [0.2, 0.25) is 0 Å². The number of benzene rings is 2. The lowest BCUT2D eigenvalue weighted by molar-refractivity contribution is -0.139. The summed E-state index contributed by atoms with van der Waals surface area (Å²) in [6, 6.07) is 14.6. The topological polar surface area (TPSA) is 84.9 Å². The van der Waals surface area contributed by atoms with Crippen LogP contribution in [-0.2, 0) is 14.3 Å². The smallest absolute Gasteiger partial charge is 0.345 e. The predicted octanol–water partition coefficient (Wildman–Crippen LogP) is 2.99. The zero-order valence-electron chi connectivity index (χ0n) is 12.2. The standard InChI is InChI=1S/C17H12ClNO5/c18-13-14(19-11-8-4-5-9-12(11)20)17(24-16(13)22)23-15(21)10-6-2-1-3-7-10/h1-9,13,19-20H. The summed E-state index contributed by atoms with van der Waals surface area (Å²) in [6.07, 6.45) is 0. The third-order valence-electron chi connectivity index (χ3n) is 3.24. The first kappa shape index (κ1) is 15.9. The molecule has 0 fully saturated rings. The Morgan fingerprint density at radius 3 is 2.50 bits per heavy atom. The summed E-state index contributed by atoms with van der Waals surface area (Å²) in [5.74, 6) is -1.86. The molecule has 0 saturated carbocycles. The van der Waals surface area contributed by atoms with E-state index in [1.165, 1.54) is 6.07 Å². The molecule has 1 aliphatic rings. The molecule has 24 heavy (non-hydrogen) atoms. The van der Waals surface area contributed by atoms with Crippen molar-refractivity contribution < 1.29 is 24.2 Å². The van der Waals surface area contributed by atoms with Gasteiger partial charge in [-0.3, -0.25) is 0 Å². The van der Waals surface area contributed by atoms with Gasteiger partial charge in [-0.2, -0.15) is 0 Å². The lowest BCUT2D eigenvalue weighted by Crippen LogP contribution is -2.15. The molecule has 0 spiro atoms. The molecule has 0 aromatic heterocycles. The molecule has 2 aromatic rings. The molecule has 2 N–H and O–H groups in total. The summed E-state index contributed by atoms with van der Waals surface area (Å²) in [4.78, 5) is 23.8. The molecule has 1 atom stereocenters. The number of esters is 2.